The van der Waals surface area contributed by atoms with Gasteiger partial charge in [-0.2, -0.15) is 0 Å². The molecular formula is C7H10N2. The molecule has 0 N–H and O–H groups in total. The normalized spacial score (nSPS) is 11.9. The van der Waals surface area contributed by atoms with Crippen LogP contribution in [0.4, 0.5) is 0 Å². The van der Waals surface area contributed by atoms with Crippen molar-refractivity contribution in [3.05, 3.63) is 25.1 Å². The molecule has 0 fully saturated rings. The van der Waals surface area contributed by atoms with Crippen molar-refractivity contribution in [2.45, 2.75) is 6.92 Å². The van der Waals surface area contributed by atoms with Gasteiger partial charge in [-0.25, -0.2) is 0 Å². The second-order valence-electron chi connectivity index (χ2n) is 1.46. The van der Waals surface area contributed by atoms with Crippen LogP contribution in [0.2, 0.25) is 0 Å². The molecule has 0 aromatic rings. The highest BCUT2D eigenvalue weighted by Gasteiger charge is 1.72. The minimum absolute atomic E-state index is 0.870. The Morgan fingerprint density at radius 1 is 1.44 bits per heavy atom. The van der Waals surface area contributed by atoms with E-state index in [-0.39, 0.29) is 0 Å². The van der Waals surface area contributed by atoms with E-state index < -0.39 is 0 Å². The third kappa shape index (κ3) is 4.68. The van der Waals surface area contributed by atoms with Gasteiger partial charge in [-0.05, 0) is 19.7 Å². The van der Waals surface area contributed by atoms with Gasteiger partial charge in [0.15, 0.2) is 0 Å². The number of nitrogens with zero attached hydrogens (tertiary/aromatic N) is 2. The molecule has 0 spiro atoms. The zero-order valence-corrected chi connectivity index (χ0v) is 5.54. The van der Waals surface area contributed by atoms with Gasteiger partial charge >= 0.3 is 0 Å². The molecular weight excluding hydrogens is 112 g/mol. The summed E-state index contributed by atoms with van der Waals surface area (Å²) < 4.78 is 0. The summed E-state index contributed by atoms with van der Waals surface area (Å²) in [6.07, 6.45) is 4.77. The van der Waals surface area contributed by atoms with E-state index in [1.54, 1.807) is 12.3 Å². The van der Waals surface area contributed by atoms with Gasteiger partial charge in [0.1, 0.15) is 0 Å². The minimum atomic E-state index is 0.870. The zero-order valence-electron chi connectivity index (χ0n) is 5.54. The molecule has 0 aliphatic carbocycles. The van der Waals surface area contributed by atoms with E-state index in [4.69, 9.17) is 0 Å². The van der Waals surface area contributed by atoms with E-state index in [0.29, 0.717) is 0 Å². The van der Waals surface area contributed by atoms with Crippen molar-refractivity contribution in [1.29, 1.82) is 0 Å². The van der Waals surface area contributed by atoms with Crippen LogP contribution in [0.5, 0.6) is 0 Å². The molecule has 0 aliphatic heterocycles. The second-order valence-corrected chi connectivity index (χ2v) is 1.46. The molecule has 0 saturated heterocycles. The van der Waals surface area contributed by atoms with Crippen LogP contribution in [0.1, 0.15) is 6.92 Å². The predicted molar refractivity (Wildman–Crippen MR) is 42.0 cm³/mol. The maximum Gasteiger partial charge on any atom is 0.0453 e. The summed E-state index contributed by atoms with van der Waals surface area (Å²) >= 11 is 0. The molecule has 0 saturated carbocycles. The maximum absolute atomic E-state index is 3.92. The van der Waals surface area contributed by atoms with E-state index in [1.165, 1.54) is 6.20 Å². The highest BCUT2D eigenvalue weighted by Crippen LogP contribution is 1.80. The third-order valence-electron chi connectivity index (χ3n) is 0.746. The van der Waals surface area contributed by atoms with Crippen molar-refractivity contribution in [3.63, 3.8) is 0 Å². The van der Waals surface area contributed by atoms with Gasteiger partial charge in [0.25, 0.3) is 0 Å². The van der Waals surface area contributed by atoms with Crippen LogP contribution in [-0.2, 0) is 0 Å². The fraction of sp³-hybridized carbons (Fsp3) is 0.143. The first-order valence-corrected chi connectivity index (χ1v) is 2.59. The molecule has 0 bridgehead atoms. The quantitative estimate of drug-likeness (QED) is 0.510. The third-order valence-corrected chi connectivity index (χ3v) is 0.746. The van der Waals surface area contributed by atoms with Gasteiger partial charge in [-0.15, -0.1) is 0 Å². The van der Waals surface area contributed by atoms with Gasteiger partial charge in [-0.3, -0.25) is 9.98 Å². The summed E-state index contributed by atoms with van der Waals surface area (Å²) in [5.74, 6) is 0. The fourth-order valence-electron chi connectivity index (χ4n) is 0.251. The van der Waals surface area contributed by atoms with Crippen LogP contribution in [0.3, 0.4) is 0 Å². The summed E-state index contributed by atoms with van der Waals surface area (Å²) in [7, 11) is 0. The summed E-state index contributed by atoms with van der Waals surface area (Å²) in [5.41, 5.74) is 0.870. The SMILES string of the molecule is C=CC(C)=N/C=C\N=C. The lowest BCUT2D eigenvalue weighted by Crippen LogP contribution is -1.78. The van der Waals surface area contributed by atoms with E-state index in [0.717, 1.165) is 5.71 Å². The lowest BCUT2D eigenvalue weighted by Gasteiger charge is -1.81. The Balaban J connectivity index is 3.81. The van der Waals surface area contributed by atoms with Crippen molar-refractivity contribution in [1.82, 2.24) is 0 Å². The van der Waals surface area contributed by atoms with Crippen LogP contribution in [0, 0.1) is 0 Å². The number of rotatable bonds is 3. The Morgan fingerprint density at radius 3 is 2.56 bits per heavy atom. The molecule has 48 valence electrons. The number of hydrogen-bond donors (Lipinski definition) is 0. The Hall–Kier alpha value is -1.18. The first-order chi connectivity index (χ1) is 4.31. The van der Waals surface area contributed by atoms with E-state index in [2.05, 4.69) is 23.3 Å². The number of aliphatic imine (C=N–C) groups is 2. The average molecular weight is 122 g/mol. The van der Waals surface area contributed by atoms with E-state index in [9.17, 15) is 0 Å². The first kappa shape index (κ1) is 7.82. The molecule has 0 atom stereocenters. The van der Waals surface area contributed by atoms with Crippen molar-refractivity contribution in [2.75, 3.05) is 0 Å². The Morgan fingerprint density at radius 2 is 2.11 bits per heavy atom. The lowest BCUT2D eigenvalue weighted by atomic mass is 10.4. The minimum Gasteiger partial charge on any atom is -0.271 e. The highest BCUT2D eigenvalue weighted by molar-refractivity contribution is 5.92. The zero-order chi connectivity index (χ0) is 7.11. The van der Waals surface area contributed by atoms with Gasteiger partial charge in [0.05, 0.1) is 0 Å². The van der Waals surface area contributed by atoms with Gasteiger partial charge < -0.3 is 0 Å². The van der Waals surface area contributed by atoms with Crippen LogP contribution < -0.4 is 0 Å². The summed E-state index contributed by atoms with van der Waals surface area (Å²) in [6, 6.07) is 0. The smallest absolute Gasteiger partial charge is 0.0453 e. The average Bonchev–Trinajstić information content (AvgIpc) is 1.89. The van der Waals surface area contributed by atoms with Crippen LogP contribution >= 0.6 is 0 Å². The molecule has 0 amide bonds. The molecule has 0 unspecified atom stereocenters. The Labute approximate surface area is 55.3 Å². The van der Waals surface area contributed by atoms with E-state index in [1.807, 2.05) is 6.92 Å². The van der Waals surface area contributed by atoms with Crippen LogP contribution in [0.25, 0.3) is 0 Å². The van der Waals surface area contributed by atoms with Gasteiger partial charge in [0.2, 0.25) is 0 Å². The van der Waals surface area contributed by atoms with Crippen molar-refractivity contribution in [2.24, 2.45) is 9.98 Å². The molecule has 2 heteroatoms. The van der Waals surface area contributed by atoms with E-state index >= 15 is 0 Å². The highest BCUT2D eigenvalue weighted by atomic mass is 14.7. The summed E-state index contributed by atoms with van der Waals surface area (Å²) in [6.45, 7) is 8.64. The summed E-state index contributed by atoms with van der Waals surface area (Å²) in [4.78, 5) is 7.39. The van der Waals surface area contributed by atoms with Crippen molar-refractivity contribution in [3.8, 4) is 0 Å². The molecule has 0 aliphatic rings. The molecule has 0 aromatic carbocycles. The van der Waals surface area contributed by atoms with Crippen molar-refractivity contribution < 1.29 is 0 Å². The molecule has 0 heterocycles. The predicted octanol–water partition coefficient (Wildman–Crippen LogP) is 1.81. The second kappa shape index (κ2) is 4.97. The Kier molecular flexibility index (Phi) is 4.32. The van der Waals surface area contributed by atoms with Crippen LogP contribution in [-0.4, -0.2) is 12.4 Å². The van der Waals surface area contributed by atoms with Gasteiger partial charge in [-0.1, -0.05) is 6.58 Å². The first-order valence-electron chi connectivity index (χ1n) is 2.59. The summed E-state index contributed by atoms with van der Waals surface area (Å²) in [5, 5.41) is 0. The maximum atomic E-state index is 3.92. The van der Waals surface area contributed by atoms with Gasteiger partial charge in [0, 0.05) is 18.1 Å². The Bertz CT molecular complexity index is 154. The molecule has 9 heavy (non-hydrogen) atoms. The molecule has 0 aromatic heterocycles. The molecule has 2 nitrogen and oxygen atoms in total. The monoisotopic (exact) mass is 122 g/mol. The van der Waals surface area contributed by atoms with Crippen molar-refractivity contribution >= 4 is 12.4 Å². The largest absolute Gasteiger partial charge is 0.271 e. The number of hydrogen-bond acceptors (Lipinski definition) is 2. The molecule has 0 radical (unpaired) electrons. The fourth-order valence-corrected chi connectivity index (χ4v) is 0.251. The molecule has 0 rings (SSSR count). The van der Waals surface area contributed by atoms with Crippen LogP contribution in [0.15, 0.2) is 35.0 Å². The topological polar surface area (TPSA) is 24.7 Å². The number of allylic oxidation sites excluding steroid dienone is 1. The lowest BCUT2D eigenvalue weighted by molar-refractivity contribution is 1.47. The standard InChI is InChI=1S/C7H10N2/c1-4-7(2)9-6-5-8-3/h4-6H,1,3H2,2H3/b6-5-,9-7?.